The van der Waals surface area contributed by atoms with E-state index in [-0.39, 0.29) is 18.1 Å². The maximum atomic E-state index is 12.3. The maximum absolute atomic E-state index is 12.3. The summed E-state index contributed by atoms with van der Waals surface area (Å²) in [7, 11) is 0. The van der Waals surface area contributed by atoms with Crippen molar-refractivity contribution in [3.8, 4) is 5.75 Å². The average Bonchev–Trinajstić information content (AvgIpc) is 2.55. The van der Waals surface area contributed by atoms with Crippen LogP contribution in [0.3, 0.4) is 0 Å². The minimum atomic E-state index is -0.754. The number of ether oxygens (including phenoxy) is 2. The number of rotatable bonds is 9. The number of carbonyl (C=O) groups is 1. The highest BCUT2D eigenvalue weighted by molar-refractivity contribution is 5.94. The number of carbonyl (C=O) groups excluding carboxylic acids is 1. The SMILES string of the molecule is CC(C)(C)NCCNC(=O)c1cccc(OCC(N=[N+]=[N-])OC(C)(C)C)c1. The van der Waals surface area contributed by atoms with Crippen molar-refractivity contribution < 1.29 is 14.3 Å². The molecule has 0 aliphatic carbocycles. The van der Waals surface area contributed by atoms with Crippen LogP contribution < -0.4 is 15.4 Å². The van der Waals surface area contributed by atoms with E-state index in [4.69, 9.17) is 15.0 Å². The van der Waals surface area contributed by atoms with E-state index < -0.39 is 11.8 Å². The van der Waals surface area contributed by atoms with Crippen LogP contribution in [-0.2, 0) is 4.74 Å². The Balaban J connectivity index is 2.59. The molecule has 1 unspecified atom stereocenters. The first-order valence-electron chi connectivity index (χ1n) is 8.98. The van der Waals surface area contributed by atoms with Gasteiger partial charge in [-0.1, -0.05) is 11.2 Å². The number of amides is 1. The van der Waals surface area contributed by atoms with E-state index in [0.29, 0.717) is 24.4 Å². The molecule has 0 aliphatic heterocycles. The van der Waals surface area contributed by atoms with E-state index in [1.165, 1.54) is 0 Å². The quantitative estimate of drug-likeness (QED) is 0.296. The molecule has 0 aromatic heterocycles. The van der Waals surface area contributed by atoms with Crippen molar-refractivity contribution in [3.05, 3.63) is 40.3 Å². The van der Waals surface area contributed by atoms with Gasteiger partial charge < -0.3 is 20.1 Å². The summed E-state index contributed by atoms with van der Waals surface area (Å²) in [4.78, 5) is 15.1. The predicted molar refractivity (Wildman–Crippen MR) is 106 cm³/mol. The Hall–Kier alpha value is -2.28. The van der Waals surface area contributed by atoms with Gasteiger partial charge in [0.1, 0.15) is 12.4 Å². The Labute approximate surface area is 161 Å². The number of benzene rings is 1. The number of hydrogen-bond acceptors (Lipinski definition) is 5. The lowest BCUT2D eigenvalue weighted by molar-refractivity contribution is -0.0723. The normalized spacial score (nSPS) is 12.8. The molecule has 0 radical (unpaired) electrons. The third kappa shape index (κ3) is 10.5. The van der Waals surface area contributed by atoms with Crippen LogP contribution in [0.5, 0.6) is 5.75 Å². The first-order chi connectivity index (χ1) is 12.5. The lowest BCUT2D eigenvalue weighted by Gasteiger charge is -2.24. The highest BCUT2D eigenvalue weighted by Gasteiger charge is 2.18. The molecule has 27 heavy (non-hydrogen) atoms. The highest BCUT2D eigenvalue weighted by Crippen LogP contribution is 2.16. The van der Waals surface area contributed by atoms with Crippen molar-refractivity contribution in [2.45, 2.75) is 58.9 Å². The van der Waals surface area contributed by atoms with Gasteiger partial charge in [-0.3, -0.25) is 4.79 Å². The van der Waals surface area contributed by atoms with Crippen molar-refractivity contribution in [2.24, 2.45) is 5.11 Å². The summed E-state index contributed by atoms with van der Waals surface area (Å²) >= 11 is 0. The van der Waals surface area contributed by atoms with E-state index in [9.17, 15) is 4.79 Å². The van der Waals surface area contributed by atoms with Gasteiger partial charge >= 0.3 is 0 Å². The standard InChI is InChI=1S/C19H31N5O3/c1-18(2,3)22-11-10-21-17(25)14-8-7-9-15(12-14)26-13-16(23-24-20)27-19(4,5)6/h7-9,12,16,22H,10-11,13H2,1-6H3,(H,21,25). The molecule has 2 N–H and O–H groups in total. The molecule has 8 heteroatoms. The van der Waals surface area contributed by atoms with E-state index in [1.54, 1.807) is 24.3 Å². The van der Waals surface area contributed by atoms with Crippen LogP contribution in [0.25, 0.3) is 10.4 Å². The second-order valence-corrected chi connectivity index (χ2v) is 8.16. The van der Waals surface area contributed by atoms with Gasteiger partial charge in [0.2, 0.25) is 0 Å². The Morgan fingerprint density at radius 2 is 1.93 bits per heavy atom. The molecule has 1 aromatic carbocycles. The lowest BCUT2D eigenvalue weighted by atomic mass is 10.1. The Morgan fingerprint density at radius 3 is 2.52 bits per heavy atom. The van der Waals surface area contributed by atoms with Crippen LogP contribution in [0.1, 0.15) is 51.9 Å². The number of nitrogens with zero attached hydrogens (tertiary/aromatic N) is 3. The zero-order valence-electron chi connectivity index (χ0n) is 17.1. The van der Waals surface area contributed by atoms with Crippen LogP contribution in [0.4, 0.5) is 0 Å². The van der Waals surface area contributed by atoms with Gasteiger partial charge in [-0.05, 0) is 65.3 Å². The highest BCUT2D eigenvalue weighted by atomic mass is 16.6. The minimum absolute atomic E-state index is 0.00998. The van der Waals surface area contributed by atoms with E-state index in [1.807, 2.05) is 20.8 Å². The van der Waals surface area contributed by atoms with Crippen molar-refractivity contribution in [2.75, 3.05) is 19.7 Å². The van der Waals surface area contributed by atoms with Crippen LogP contribution in [-0.4, -0.2) is 43.0 Å². The molecular weight excluding hydrogens is 346 g/mol. The maximum Gasteiger partial charge on any atom is 0.251 e. The van der Waals surface area contributed by atoms with Crippen molar-refractivity contribution in [1.82, 2.24) is 10.6 Å². The van der Waals surface area contributed by atoms with Crippen LogP contribution in [0.2, 0.25) is 0 Å². The molecule has 0 aliphatic rings. The zero-order valence-corrected chi connectivity index (χ0v) is 17.1. The monoisotopic (exact) mass is 377 g/mol. The second-order valence-electron chi connectivity index (χ2n) is 8.16. The molecule has 1 rings (SSSR count). The first kappa shape index (κ1) is 22.8. The van der Waals surface area contributed by atoms with Crippen LogP contribution >= 0.6 is 0 Å². The van der Waals surface area contributed by atoms with E-state index in [0.717, 1.165) is 0 Å². The van der Waals surface area contributed by atoms with E-state index >= 15 is 0 Å². The van der Waals surface area contributed by atoms with Crippen molar-refractivity contribution in [3.63, 3.8) is 0 Å². The van der Waals surface area contributed by atoms with Gasteiger partial charge in [0.25, 0.3) is 5.91 Å². The summed E-state index contributed by atoms with van der Waals surface area (Å²) in [6.07, 6.45) is -0.754. The fraction of sp³-hybridized carbons (Fsp3) is 0.632. The summed E-state index contributed by atoms with van der Waals surface area (Å²) in [5.41, 5.74) is 8.71. The van der Waals surface area contributed by atoms with Gasteiger partial charge in [-0.25, -0.2) is 0 Å². The zero-order chi connectivity index (χ0) is 20.5. The summed E-state index contributed by atoms with van der Waals surface area (Å²) < 4.78 is 11.3. The third-order valence-electron chi connectivity index (χ3n) is 3.22. The summed E-state index contributed by atoms with van der Waals surface area (Å²) in [6, 6.07) is 6.85. The molecule has 1 atom stereocenters. The molecule has 0 fully saturated rings. The smallest absolute Gasteiger partial charge is 0.251 e. The van der Waals surface area contributed by atoms with Gasteiger partial charge in [0, 0.05) is 29.1 Å². The molecular formula is C19H31N5O3. The van der Waals surface area contributed by atoms with Crippen LogP contribution in [0.15, 0.2) is 29.4 Å². The summed E-state index contributed by atoms with van der Waals surface area (Å²) in [6.45, 7) is 13.1. The number of azide groups is 1. The lowest BCUT2D eigenvalue weighted by Crippen LogP contribution is -2.41. The number of nitrogens with one attached hydrogen (secondary N) is 2. The molecule has 0 saturated carbocycles. The molecule has 0 bridgehead atoms. The van der Waals surface area contributed by atoms with Gasteiger partial charge in [-0.15, -0.1) is 0 Å². The largest absolute Gasteiger partial charge is 0.491 e. The van der Waals surface area contributed by atoms with Crippen molar-refractivity contribution >= 4 is 5.91 Å². The third-order valence-corrected chi connectivity index (χ3v) is 3.22. The summed E-state index contributed by atoms with van der Waals surface area (Å²) in [5.74, 6) is 0.333. The Bertz CT molecular complexity index is 658. The molecule has 0 spiro atoms. The summed E-state index contributed by atoms with van der Waals surface area (Å²) in [5, 5.41) is 9.78. The molecule has 1 amide bonds. The van der Waals surface area contributed by atoms with Gasteiger partial charge in [0.15, 0.2) is 6.23 Å². The fourth-order valence-corrected chi connectivity index (χ4v) is 2.17. The van der Waals surface area contributed by atoms with Crippen molar-refractivity contribution in [1.29, 1.82) is 0 Å². The Kier molecular flexibility index (Phi) is 8.56. The predicted octanol–water partition coefficient (Wildman–Crippen LogP) is 3.63. The second kappa shape index (κ2) is 10.2. The molecule has 150 valence electrons. The van der Waals surface area contributed by atoms with E-state index in [2.05, 4.69) is 41.4 Å². The fourth-order valence-electron chi connectivity index (χ4n) is 2.17. The molecule has 1 aromatic rings. The van der Waals surface area contributed by atoms with Gasteiger partial charge in [-0.2, -0.15) is 0 Å². The topological polar surface area (TPSA) is 108 Å². The minimum Gasteiger partial charge on any atom is -0.491 e. The molecule has 8 nitrogen and oxygen atoms in total. The molecule has 0 saturated heterocycles. The number of hydrogen-bond donors (Lipinski definition) is 2. The van der Waals surface area contributed by atoms with Gasteiger partial charge in [0.05, 0.1) is 5.60 Å². The average molecular weight is 377 g/mol. The first-order valence-corrected chi connectivity index (χ1v) is 8.98. The molecule has 0 heterocycles. The Morgan fingerprint density at radius 1 is 1.22 bits per heavy atom. The van der Waals surface area contributed by atoms with Crippen LogP contribution in [0, 0.1) is 0 Å².